The number of halogens is 2. The van der Waals surface area contributed by atoms with Gasteiger partial charge < -0.3 is 9.64 Å². The number of aromatic nitrogens is 2. The summed E-state index contributed by atoms with van der Waals surface area (Å²) in [4.78, 5) is 11.2. The summed E-state index contributed by atoms with van der Waals surface area (Å²) in [7, 11) is 0. The molecule has 118 valence electrons. The van der Waals surface area contributed by atoms with E-state index in [4.69, 9.17) is 4.74 Å². The van der Waals surface area contributed by atoms with E-state index in [1.165, 1.54) is 0 Å². The molecule has 0 saturated carbocycles. The van der Waals surface area contributed by atoms with Crippen LogP contribution in [0.5, 0.6) is 5.75 Å². The maximum atomic E-state index is 5.57. The fraction of sp³-hybridized carbons (Fsp3) is 0.375. The summed E-state index contributed by atoms with van der Waals surface area (Å²) >= 11 is 7.27. The summed E-state index contributed by atoms with van der Waals surface area (Å²) in [6, 6.07) is 5.91. The molecule has 1 aromatic heterocycles. The third kappa shape index (κ3) is 3.79. The maximum absolute atomic E-state index is 5.57. The van der Waals surface area contributed by atoms with Crippen LogP contribution in [0.15, 0.2) is 27.1 Å². The molecule has 6 heteroatoms. The van der Waals surface area contributed by atoms with E-state index in [0.717, 1.165) is 38.3 Å². The fourth-order valence-corrected chi connectivity index (χ4v) is 3.85. The topological polar surface area (TPSA) is 38.2 Å². The highest BCUT2D eigenvalue weighted by Crippen LogP contribution is 2.40. The second kappa shape index (κ2) is 7.42. The molecule has 0 bridgehead atoms. The zero-order valence-electron chi connectivity index (χ0n) is 13.2. The zero-order valence-corrected chi connectivity index (χ0v) is 16.3. The van der Waals surface area contributed by atoms with Gasteiger partial charge in [0.05, 0.1) is 12.3 Å². The molecule has 0 fully saturated rings. The van der Waals surface area contributed by atoms with Crippen LogP contribution in [0.2, 0.25) is 0 Å². The van der Waals surface area contributed by atoms with Gasteiger partial charge in [-0.2, -0.15) is 0 Å². The molecule has 1 aromatic carbocycles. The highest BCUT2D eigenvalue weighted by atomic mass is 79.9. The van der Waals surface area contributed by atoms with E-state index >= 15 is 0 Å². The van der Waals surface area contributed by atoms with Gasteiger partial charge in [0.15, 0.2) is 0 Å². The van der Waals surface area contributed by atoms with E-state index in [-0.39, 0.29) is 0 Å². The van der Waals surface area contributed by atoms with Gasteiger partial charge in [0.25, 0.3) is 0 Å². The Kier molecular flexibility index (Phi) is 5.81. The lowest BCUT2D eigenvalue weighted by Gasteiger charge is -2.24. The number of benzene rings is 1. The van der Waals surface area contributed by atoms with Crippen LogP contribution in [0, 0.1) is 13.8 Å². The summed E-state index contributed by atoms with van der Waals surface area (Å²) < 4.78 is 7.45. The molecule has 0 amide bonds. The van der Waals surface area contributed by atoms with Gasteiger partial charge in [-0.1, -0.05) is 0 Å². The van der Waals surface area contributed by atoms with Crippen LogP contribution >= 0.6 is 31.9 Å². The third-order valence-electron chi connectivity index (χ3n) is 3.10. The number of hydrogen-bond acceptors (Lipinski definition) is 4. The van der Waals surface area contributed by atoms with E-state index in [1.54, 1.807) is 0 Å². The number of rotatable bonds is 5. The molecule has 0 spiro atoms. The highest BCUT2D eigenvalue weighted by molar-refractivity contribution is 9.11. The minimum absolute atomic E-state index is 0.635. The van der Waals surface area contributed by atoms with Gasteiger partial charge >= 0.3 is 0 Å². The van der Waals surface area contributed by atoms with Crippen molar-refractivity contribution < 1.29 is 4.74 Å². The van der Waals surface area contributed by atoms with Gasteiger partial charge in [-0.15, -0.1) is 0 Å². The van der Waals surface area contributed by atoms with Crippen molar-refractivity contribution in [1.29, 1.82) is 0 Å². The molecule has 0 saturated heterocycles. The number of hydrogen-bond donors (Lipinski definition) is 0. The van der Waals surface area contributed by atoms with Crippen LogP contribution in [-0.4, -0.2) is 23.1 Å². The van der Waals surface area contributed by atoms with Crippen LogP contribution in [0.25, 0.3) is 0 Å². The average Bonchev–Trinajstić information content (AvgIpc) is 2.42. The Morgan fingerprint density at radius 1 is 1.00 bits per heavy atom. The van der Waals surface area contributed by atoms with Crippen molar-refractivity contribution in [2.24, 2.45) is 0 Å². The van der Waals surface area contributed by atoms with Crippen LogP contribution < -0.4 is 9.64 Å². The zero-order chi connectivity index (χ0) is 16.3. The number of aryl methyl sites for hydroxylation is 2. The number of anilines is 2. The standard InChI is InChI=1S/C16H19Br2N3O/c1-5-21(16-19-10(3)7-11(4)20-16)15-13(17)8-12(22-6-2)9-14(15)18/h7-9H,5-6H2,1-4H3. The molecule has 2 rings (SSSR count). The smallest absolute Gasteiger partial charge is 0.230 e. The van der Waals surface area contributed by atoms with E-state index < -0.39 is 0 Å². The van der Waals surface area contributed by atoms with Crippen molar-refractivity contribution in [2.75, 3.05) is 18.1 Å². The Labute approximate surface area is 148 Å². The lowest BCUT2D eigenvalue weighted by Crippen LogP contribution is -2.20. The summed E-state index contributed by atoms with van der Waals surface area (Å²) in [5.74, 6) is 1.52. The third-order valence-corrected chi connectivity index (χ3v) is 4.31. The van der Waals surface area contributed by atoms with E-state index in [2.05, 4.69) is 53.7 Å². The van der Waals surface area contributed by atoms with Crippen molar-refractivity contribution in [1.82, 2.24) is 9.97 Å². The van der Waals surface area contributed by atoms with E-state index in [1.807, 2.05) is 39.0 Å². The molecular formula is C16H19Br2N3O. The minimum Gasteiger partial charge on any atom is -0.494 e. The molecular weight excluding hydrogens is 410 g/mol. The molecule has 0 aliphatic carbocycles. The van der Waals surface area contributed by atoms with Crippen LogP contribution in [0.4, 0.5) is 11.6 Å². The monoisotopic (exact) mass is 427 g/mol. The van der Waals surface area contributed by atoms with Gasteiger partial charge in [0.1, 0.15) is 5.75 Å². The number of nitrogens with zero attached hydrogens (tertiary/aromatic N) is 3. The van der Waals surface area contributed by atoms with Gasteiger partial charge in [-0.25, -0.2) is 9.97 Å². The predicted octanol–water partition coefficient (Wildman–Crippen LogP) is 5.18. The Morgan fingerprint density at radius 3 is 2.00 bits per heavy atom. The summed E-state index contributed by atoms with van der Waals surface area (Å²) in [5, 5.41) is 0. The van der Waals surface area contributed by atoms with Gasteiger partial charge in [-0.05, 0) is 77.8 Å². The van der Waals surface area contributed by atoms with Gasteiger partial charge in [-0.3, -0.25) is 0 Å². The second-order valence-corrected chi connectivity index (χ2v) is 6.57. The summed E-state index contributed by atoms with van der Waals surface area (Å²) in [5.41, 5.74) is 2.91. The molecule has 0 radical (unpaired) electrons. The SMILES string of the molecule is CCOc1cc(Br)c(N(CC)c2nc(C)cc(C)n2)c(Br)c1. The summed E-state index contributed by atoms with van der Waals surface area (Å²) in [6.07, 6.45) is 0. The van der Waals surface area contributed by atoms with Gasteiger partial charge in [0.2, 0.25) is 5.95 Å². The first kappa shape index (κ1) is 17.2. The molecule has 0 unspecified atom stereocenters. The van der Waals surface area contributed by atoms with Gasteiger partial charge in [0, 0.05) is 26.9 Å². The van der Waals surface area contributed by atoms with Crippen LogP contribution in [0.1, 0.15) is 25.2 Å². The largest absolute Gasteiger partial charge is 0.494 e. The first-order chi connectivity index (χ1) is 10.5. The van der Waals surface area contributed by atoms with Crippen molar-refractivity contribution >= 4 is 43.5 Å². The molecule has 2 aromatic rings. The highest BCUT2D eigenvalue weighted by Gasteiger charge is 2.18. The lowest BCUT2D eigenvalue weighted by molar-refractivity contribution is 0.340. The maximum Gasteiger partial charge on any atom is 0.230 e. The van der Waals surface area contributed by atoms with Crippen LogP contribution in [0.3, 0.4) is 0 Å². The minimum atomic E-state index is 0.635. The molecule has 1 heterocycles. The van der Waals surface area contributed by atoms with Crippen molar-refractivity contribution in [3.05, 3.63) is 38.5 Å². The normalized spacial score (nSPS) is 10.6. The number of ether oxygens (including phenoxy) is 1. The molecule has 4 nitrogen and oxygen atoms in total. The van der Waals surface area contributed by atoms with Crippen LogP contribution in [-0.2, 0) is 0 Å². The second-order valence-electron chi connectivity index (χ2n) is 4.86. The first-order valence-corrected chi connectivity index (χ1v) is 8.76. The first-order valence-electron chi connectivity index (χ1n) is 7.17. The van der Waals surface area contributed by atoms with Crippen molar-refractivity contribution in [3.8, 4) is 5.75 Å². The molecule has 0 aliphatic heterocycles. The Balaban J connectivity index is 2.51. The summed E-state index contributed by atoms with van der Waals surface area (Å²) in [6.45, 7) is 9.40. The molecule has 0 atom stereocenters. The fourth-order valence-electron chi connectivity index (χ4n) is 2.28. The quantitative estimate of drug-likeness (QED) is 0.657. The Hall–Kier alpha value is -1.14. The Bertz CT molecular complexity index is 633. The Morgan fingerprint density at radius 2 is 1.55 bits per heavy atom. The van der Waals surface area contributed by atoms with E-state index in [0.29, 0.717) is 12.6 Å². The predicted molar refractivity (Wildman–Crippen MR) is 97.2 cm³/mol. The molecule has 0 aliphatic rings. The lowest BCUT2D eigenvalue weighted by atomic mass is 10.2. The van der Waals surface area contributed by atoms with Crippen molar-refractivity contribution in [3.63, 3.8) is 0 Å². The average molecular weight is 429 g/mol. The molecule has 0 N–H and O–H groups in total. The van der Waals surface area contributed by atoms with E-state index in [9.17, 15) is 0 Å². The van der Waals surface area contributed by atoms with Crippen molar-refractivity contribution in [2.45, 2.75) is 27.7 Å². The molecule has 22 heavy (non-hydrogen) atoms.